The van der Waals surface area contributed by atoms with E-state index in [1.807, 2.05) is 6.92 Å². The van der Waals surface area contributed by atoms with Crippen molar-refractivity contribution in [3.05, 3.63) is 52.3 Å². The van der Waals surface area contributed by atoms with Crippen LogP contribution in [0.3, 0.4) is 0 Å². The van der Waals surface area contributed by atoms with Crippen molar-refractivity contribution in [3.8, 4) is 5.75 Å². The van der Waals surface area contributed by atoms with Gasteiger partial charge in [0.25, 0.3) is 5.91 Å². The smallest absolute Gasteiger partial charge is 0.274 e. The predicted octanol–water partition coefficient (Wildman–Crippen LogP) is 3.89. The van der Waals surface area contributed by atoms with E-state index >= 15 is 0 Å². The number of halogens is 2. The van der Waals surface area contributed by atoms with Gasteiger partial charge in [-0.15, -0.1) is 0 Å². The molecular weight excluding hydrogens is 377 g/mol. The van der Waals surface area contributed by atoms with E-state index in [2.05, 4.69) is 10.3 Å². The van der Waals surface area contributed by atoms with E-state index in [0.717, 1.165) is 0 Å². The summed E-state index contributed by atoms with van der Waals surface area (Å²) in [5, 5.41) is 3.09. The lowest BCUT2D eigenvalue weighted by Gasteiger charge is -2.22. The number of aromatic nitrogens is 1. The number of hydrogen-bond acceptors (Lipinski definition) is 4. The minimum Gasteiger partial charge on any atom is -0.495 e. The first-order valence-electron chi connectivity index (χ1n) is 8.00. The summed E-state index contributed by atoms with van der Waals surface area (Å²) in [6.07, 6.45) is 0.672. The fourth-order valence-corrected chi connectivity index (χ4v) is 2.68. The summed E-state index contributed by atoms with van der Waals surface area (Å²) in [6, 6.07) is 10.0. The molecule has 2 amide bonds. The van der Waals surface area contributed by atoms with Gasteiger partial charge in [0.1, 0.15) is 23.1 Å². The third-order valence-corrected chi connectivity index (χ3v) is 4.03. The van der Waals surface area contributed by atoms with Crippen LogP contribution in [0.1, 0.15) is 23.8 Å². The Morgan fingerprint density at radius 3 is 2.62 bits per heavy atom. The van der Waals surface area contributed by atoms with Crippen LogP contribution >= 0.6 is 23.2 Å². The largest absolute Gasteiger partial charge is 0.495 e. The highest BCUT2D eigenvalue weighted by Crippen LogP contribution is 2.23. The van der Waals surface area contributed by atoms with E-state index in [1.165, 1.54) is 24.1 Å². The van der Waals surface area contributed by atoms with Crippen LogP contribution in [0.5, 0.6) is 5.75 Å². The third kappa shape index (κ3) is 5.09. The molecule has 0 saturated carbocycles. The highest BCUT2D eigenvalue weighted by molar-refractivity contribution is 6.34. The van der Waals surface area contributed by atoms with Crippen LogP contribution in [0.15, 0.2) is 36.4 Å². The lowest BCUT2D eigenvalue weighted by atomic mass is 10.2. The quantitative estimate of drug-likeness (QED) is 0.721. The zero-order valence-corrected chi connectivity index (χ0v) is 16.0. The monoisotopic (exact) mass is 395 g/mol. The summed E-state index contributed by atoms with van der Waals surface area (Å²) in [5.74, 6) is -0.266. The van der Waals surface area contributed by atoms with Crippen LogP contribution in [0.25, 0.3) is 0 Å². The summed E-state index contributed by atoms with van der Waals surface area (Å²) in [7, 11) is 1.52. The van der Waals surface area contributed by atoms with Crippen LogP contribution in [-0.2, 0) is 4.79 Å². The Bertz CT molecular complexity index is 799. The van der Waals surface area contributed by atoms with Gasteiger partial charge in [-0.05, 0) is 30.7 Å². The number of nitrogens with zero attached hydrogens (tertiary/aromatic N) is 2. The molecule has 0 atom stereocenters. The molecule has 1 aromatic heterocycles. The molecule has 138 valence electrons. The molecule has 0 bridgehead atoms. The van der Waals surface area contributed by atoms with E-state index in [1.54, 1.807) is 24.3 Å². The number of pyridine rings is 1. The van der Waals surface area contributed by atoms with Crippen molar-refractivity contribution in [2.24, 2.45) is 0 Å². The summed E-state index contributed by atoms with van der Waals surface area (Å²) in [4.78, 5) is 30.5. The second-order valence-electron chi connectivity index (χ2n) is 5.44. The lowest BCUT2D eigenvalue weighted by molar-refractivity contribution is -0.116. The Hall–Kier alpha value is -2.31. The van der Waals surface area contributed by atoms with Crippen LogP contribution in [-0.4, -0.2) is 41.9 Å². The Kier molecular flexibility index (Phi) is 7.24. The van der Waals surface area contributed by atoms with Crippen molar-refractivity contribution in [3.63, 3.8) is 0 Å². The number of carbonyl (C=O) groups excluding carboxylic acids is 2. The van der Waals surface area contributed by atoms with Gasteiger partial charge in [0, 0.05) is 6.54 Å². The molecule has 0 aliphatic carbocycles. The maximum atomic E-state index is 12.7. The standard InChI is InChI=1S/C18H19Cl2N3O3/c1-3-10-23(18(25)17-12(19)8-9-15(20)22-17)11-16(24)21-13-6-4-5-7-14(13)26-2/h4-9H,3,10-11H2,1-2H3,(H,21,24). The molecule has 26 heavy (non-hydrogen) atoms. The van der Waals surface area contributed by atoms with Gasteiger partial charge in [-0.1, -0.05) is 42.3 Å². The number of benzene rings is 1. The molecule has 0 radical (unpaired) electrons. The van der Waals surface area contributed by atoms with Gasteiger partial charge in [-0.3, -0.25) is 9.59 Å². The number of methoxy groups -OCH3 is 1. The third-order valence-electron chi connectivity index (χ3n) is 3.51. The predicted molar refractivity (Wildman–Crippen MR) is 102 cm³/mol. The van der Waals surface area contributed by atoms with Gasteiger partial charge in [0.2, 0.25) is 5.91 Å². The molecule has 2 rings (SSSR count). The summed E-state index contributed by atoms with van der Waals surface area (Å²) in [5.41, 5.74) is 0.556. The lowest BCUT2D eigenvalue weighted by Crippen LogP contribution is -2.39. The van der Waals surface area contributed by atoms with Crippen LogP contribution in [0.2, 0.25) is 10.2 Å². The van der Waals surface area contributed by atoms with Gasteiger partial charge in [-0.25, -0.2) is 4.98 Å². The van der Waals surface area contributed by atoms with Gasteiger partial charge in [-0.2, -0.15) is 0 Å². The number of carbonyl (C=O) groups is 2. The Morgan fingerprint density at radius 1 is 1.19 bits per heavy atom. The average molecular weight is 396 g/mol. The first kappa shape index (κ1) is 20.0. The van der Waals surface area contributed by atoms with Gasteiger partial charge >= 0.3 is 0 Å². The van der Waals surface area contributed by atoms with Gasteiger partial charge in [0.15, 0.2) is 0 Å². The topological polar surface area (TPSA) is 71.5 Å². The minimum absolute atomic E-state index is 0.0257. The molecule has 0 spiro atoms. The molecule has 6 nitrogen and oxygen atoms in total. The molecule has 8 heteroatoms. The van der Waals surface area contributed by atoms with Crippen molar-refractivity contribution >= 4 is 40.7 Å². The van der Waals surface area contributed by atoms with Gasteiger partial charge in [0.05, 0.1) is 17.8 Å². The highest BCUT2D eigenvalue weighted by atomic mass is 35.5. The van der Waals surface area contributed by atoms with Crippen molar-refractivity contribution < 1.29 is 14.3 Å². The summed E-state index contributed by atoms with van der Waals surface area (Å²) >= 11 is 11.9. The average Bonchev–Trinajstić information content (AvgIpc) is 2.63. The van der Waals surface area contributed by atoms with E-state index in [9.17, 15) is 9.59 Å². The minimum atomic E-state index is -0.450. The molecule has 0 aliphatic rings. The number of para-hydroxylation sites is 2. The van der Waals surface area contributed by atoms with Crippen molar-refractivity contribution in [1.82, 2.24) is 9.88 Å². The molecule has 0 saturated heterocycles. The van der Waals surface area contributed by atoms with Gasteiger partial charge < -0.3 is 15.0 Å². The SMILES string of the molecule is CCCN(CC(=O)Nc1ccccc1OC)C(=O)c1nc(Cl)ccc1Cl. The van der Waals surface area contributed by atoms with Crippen molar-refractivity contribution in [1.29, 1.82) is 0 Å². The normalized spacial score (nSPS) is 10.3. The summed E-state index contributed by atoms with van der Waals surface area (Å²) < 4.78 is 5.21. The number of nitrogens with one attached hydrogen (secondary N) is 1. The number of amides is 2. The van der Waals surface area contributed by atoms with Crippen molar-refractivity contribution in [2.75, 3.05) is 25.5 Å². The maximum Gasteiger partial charge on any atom is 0.274 e. The molecule has 1 heterocycles. The first-order valence-corrected chi connectivity index (χ1v) is 8.76. The maximum absolute atomic E-state index is 12.7. The number of rotatable bonds is 7. The molecule has 2 aromatic rings. The Labute approximate surface area is 162 Å². The molecule has 0 aliphatic heterocycles. The zero-order chi connectivity index (χ0) is 19.1. The molecule has 0 unspecified atom stereocenters. The molecule has 1 aromatic carbocycles. The number of anilines is 1. The number of hydrogen-bond donors (Lipinski definition) is 1. The zero-order valence-electron chi connectivity index (χ0n) is 14.5. The fourth-order valence-electron chi connectivity index (χ4n) is 2.35. The van der Waals surface area contributed by atoms with Crippen LogP contribution < -0.4 is 10.1 Å². The highest BCUT2D eigenvalue weighted by Gasteiger charge is 2.22. The second-order valence-corrected chi connectivity index (χ2v) is 6.23. The molecule has 0 fully saturated rings. The second kappa shape index (κ2) is 9.40. The van der Waals surface area contributed by atoms with E-state index in [4.69, 9.17) is 27.9 Å². The Morgan fingerprint density at radius 2 is 1.92 bits per heavy atom. The molecule has 1 N–H and O–H groups in total. The van der Waals surface area contributed by atoms with Crippen molar-refractivity contribution in [2.45, 2.75) is 13.3 Å². The van der Waals surface area contributed by atoms with E-state index in [0.29, 0.717) is 24.4 Å². The first-order chi connectivity index (χ1) is 12.5. The fraction of sp³-hybridized carbons (Fsp3) is 0.278. The van der Waals surface area contributed by atoms with E-state index in [-0.39, 0.29) is 28.3 Å². The van der Waals surface area contributed by atoms with E-state index < -0.39 is 5.91 Å². The van der Waals surface area contributed by atoms with Crippen LogP contribution in [0.4, 0.5) is 5.69 Å². The molecular formula is C18H19Cl2N3O3. The van der Waals surface area contributed by atoms with Crippen LogP contribution in [0, 0.1) is 0 Å². The Balaban J connectivity index is 2.15. The number of ether oxygens (including phenoxy) is 1. The summed E-state index contributed by atoms with van der Waals surface area (Å²) in [6.45, 7) is 2.14.